The number of aromatic nitrogens is 4. The van der Waals surface area contributed by atoms with Gasteiger partial charge in [-0.05, 0) is 31.4 Å². The van der Waals surface area contributed by atoms with Gasteiger partial charge in [0.15, 0.2) is 0 Å². The summed E-state index contributed by atoms with van der Waals surface area (Å²) in [6.45, 7) is 6.51. The first-order valence-corrected chi connectivity index (χ1v) is 8.02. The summed E-state index contributed by atoms with van der Waals surface area (Å²) in [6, 6.07) is 11.9. The van der Waals surface area contributed by atoms with Gasteiger partial charge in [0.05, 0.1) is 5.69 Å². The summed E-state index contributed by atoms with van der Waals surface area (Å²) in [6.07, 6.45) is 1.03. The molecule has 0 fully saturated rings. The molecule has 2 aromatic heterocycles. The number of rotatable bonds is 5. The second kappa shape index (κ2) is 6.70. The SMILES string of the molecule is CCc1ccc(CNc2cc(C)nn2-c2nc(C)cc(=O)[nH]2)cc1. The molecule has 24 heavy (non-hydrogen) atoms. The Hall–Kier alpha value is -2.89. The van der Waals surface area contributed by atoms with Gasteiger partial charge >= 0.3 is 0 Å². The zero-order valence-electron chi connectivity index (χ0n) is 14.1. The molecule has 0 amide bonds. The van der Waals surface area contributed by atoms with E-state index >= 15 is 0 Å². The van der Waals surface area contributed by atoms with Crippen molar-refractivity contribution in [1.82, 2.24) is 19.7 Å². The molecule has 0 unspecified atom stereocenters. The van der Waals surface area contributed by atoms with Crippen LogP contribution in [0.2, 0.25) is 0 Å². The summed E-state index contributed by atoms with van der Waals surface area (Å²) in [7, 11) is 0. The Kier molecular flexibility index (Phi) is 4.46. The highest BCUT2D eigenvalue weighted by atomic mass is 16.1. The third kappa shape index (κ3) is 3.53. The summed E-state index contributed by atoms with van der Waals surface area (Å²) < 4.78 is 1.63. The number of anilines is 1. The maximum Gasteiger partial charge on any atom is 0.252 e. The zero-order valence-corrected chi connectivity index (χ0v) is 14.1. The molecule has 0 spiro atoms. The fraction of sp³-hybridized carbons (Fsp3) is 0.278. The minimum atomic E-state index is -0.188. The van der Waals surface area contributed by atoms with E-state index in [0.29, 0.717) is 18.2 Å². The minimum absolute atomic E-state index is 0.188. The average molecular weight is 323 g/mol. The van der Waals surface area contributed by atoms with Crippen molar-refractivity contribution >= 4 is 5.82 Å². The first-order valence-electron chi connectivity index (χ1n) is 8.02. The van der Waals surface area contributed by atoms with Gasteiger partial charge in [0.1, 0.15) is 5.82 Å². The van der Waals surface area contributed by atoms with E-state index in [1.54, 1.807) is 11.6 Å². The van der Waals surface area contributed by atoms with Crippen LogP contribution in [-0.4, -0.2) is 19.7 Å². The van der Waals surface area contributed by atoms with Crippen LogP contribution >= 0.6 is 0 Å². The van der Waals surface area contributed by atoms with Crippen molar-refractivity contribution in [2.24, 2.45) is 0 Å². The van der Waals surface area contributed by atoms with Gasteiger partial charge in [-0.3, -0.25) is 9.78 Å². The van der Waals surface area contributed by atoms with E-state index in [9.17, 15) is 4.79 Å². The lowest BCUT2D eigenvalue weighted by Crippen LogP contribution is -2.16. The summed E-state index contributed by atoms with van der Waals surface area (Å²) in [5, 5.41) is 7.79. The molecule has 2 N–H and O–H groups in total. The van der Waals surface area contributed by atoms with Gasteiger partial charge in [0.2, 0.25) is 5.95 Å². The van der Waals surface area contributed by atoms with Crippen LogP contribution in [0, 0.1) is 13.8 Å². The standard InChI is InChI=1S/C18H21N5O/c1-4-14-5-7-15(8-6-14)11-19-16-9-13(3)22-23(16)18-20-12(2)10-17(24)21-18/h5-10,19H,4,11H2,1-3H3,(H,20,21,24). The first kappa shape index (κ1) is 16.0. The molecule has 1 aromatic carbocycles. The molecule has 6 heteroatoms. The summed E-state index contributed by atoms with van der Waals surface area (Å²) in [5.74, 6) is 1.21. The monoisotopic (exact) mass is 323 g/mol. The largest absolute Gasteiger partial charge is 0.366 e. The zero-order chi connectivity index (χ0) is 17.1. The second-order valence-electron chi connectivity index (χ2n) is 5.82. The molecule has 3 rings (SSSR count). The molecule has 0 aliphatic carbocycles. The van der Waals surface area contributed by atoms with Crippen molar-refractivity contribution < 1.29 is 0 Å². The van der Waals surface area contributed by atoms with Crippen LogP contribution < -0.4 is 10.9 Å². The fourth-order valence-electron chi connectivity index (χ4n) is 2.54. The van der Waals surface area contributed by atoms with Gasteiger partial charge in [-0.25, -0.2) is 4.98 Å². The van der Waals surface area contributed by atoms with Crippen molar-refractivity contribution in [2.75, 3.05) is 5.32 Å². The van der Waals surface area contributed by atoms with E-state index < -0.39 is 0 Å². The number of benzene rings is 1. The highest BCUT2D eigenvalue weighted by Crippen LogP contribution is 2.15. The fourth-order valence-corrected chi connectivity index (χ4v) is 2.54. The Balaban J connectivity index is 1.84. The third-order valence-electron chi connectivity index (χ3n) is 3.79. The minimum Gasteiger partial charge on any atom is -0.366 e. The van der Waals surface area contributed by atoms with Gasteiger partial charge in [0, 0.05) is 24.4 Å². The smallest absolute Gasteiger partial charge is 0.252 e. The number of hydrogen-bond donors (Lipinski definition) is 2. The van der Waals surface area contributed by atoms with Gasteiger partial charge in [-0.1, -0.05) is 31.2 Å². The number of nitrogens with one attached hydrogen (secondary N) is 2. The predicted octanol–water partition coefficient (Wildman–Crippen LogP) is 2.75. The summed E-state index contributed by atoms with van der Waals surface area (Å²) >= 11 is 0. The van der Waals surface area contributed by atoms with Gasteiger partial charge in [-0.2, -0.15) is 9.78 Å². The number of H-pyrrole nitrogens is 1. The molecular formula is C18H21N5O. The van der Waals surface area contributed by atoms with Gasteiger partial charge in [0.25, 0.3) is 5.56 Å². The van der Waals surface area contributed by atoms with Crippen LogP contribution in [0.5, 0.6) is 0 Å². The van der Waals surface area contributed by atoms with Crippen LogP contribution in [0.25, 0.3) is 5.95 Å². The summed E-state index contributed by atoms with van der Waals surface area (Å²) in [4.78, 5) is 18.8. The van der Waals surface area contributed by atoms with E-state index in [1.807, 2.05) is 13.0 Å². The third-order valence-corrected chi connectivity index (χ3v) is 3.79. The molecule has 0 atom stereocenters. The van der Waals surface area contributed by atoms with E-state index in [2.05, 4.69) is 51.6 Å². The Morgan fingerprint density at radius 1 is 1.08 bits per heavy atom. The highest BCUT2D eigenvalue weighted by molar-refractivity contribution is 5.42. The van der Waals surface area contributed by atoms with Crippen molar-refractivity contribution in [3.05, 3.63) is 69.3 Å². The van der Waals surface area contributed by atoms with Crippen LogP contribution in [0.3, 0.4) is 0 Å². The van der Waals surface area contributed by atoms with E-state index in [0.717, 1.165) is 17.9 Å². The molecule has 0 radical (unpaired) electrons. The van der Waals surface area contributed by atoms with E-state index in [1.165, 1.54) is 17.2 Å². The first-order chi connectivity index (χ1) is 11.5. The van der Waals surface area contributed by atoms with Crippen LogP contribution in [0.15, 0.2) is 41.2 Å². The van der Waals surface area contributed by atoms with Crippen molar-refractivity contribution in [3.8, 4) is 5.95 Å². The maximum absolute atomic E-state index is 11.7. The van der Waals surface area contributed by atoms with E-state index in [-0.39, 0.29) is 5.56 Å². The Morgan fingerprint density at radius 2 is 1.79 bits per heavy atom. The van der Waals surface area contributed by atoms with E-state index in [4.69, 9.17) is 0 Å². The highest BCUT2D eigenvalue weighted by Gasteiger charge is 2.10. The molecule has 0 aliphatic rings. The molecule has 6 nitrogen and oxygen atoms in total. The average Bonchev–Trinajstić information content (AvgIpc) is 2.93. The lowest BCUT2D eigenvalue weighted by Gasteiger charge is -2.09. The lowest BCUT2D eigenvalue weighted by atomic mass is 10.1. The van der Waals surface area contributed by atoms with Gasteiger partial charge < -0.3 is 5.32 Å². The Morgan fingerprint density at radius 3 is 2.46 bits per heavy atom. The molecule has 124 valence electrons. The van der Waals surface area contributed by atoms with Crippen LogP contribution in [-0.2, 0) is 13.0 Å². The molecule has 0 saturated carbocycles. The molecule has 0 aliphatic heterocycles. The number of nitrogens with zero attached hydrogens (tertiary/aromatic N) is 3. The van der Waals surface area contributed by atoms with Crippen LogP contribution in [0.1, 0.15) is 29.4 Å². The van der Waals surface area contributed by atoms with Crippen molar-refractivity contribution in [3.63, 3.8) is 0 Å². The molecular weight excluding hydrogens is 302 g/mol. The lowest BCUT2D eigenvalue weighted by molar-refractivity contribution is 0.784. The number of aromatic amines is 1. The Bertz CT molecular complexity index is 893. The molecule has 2 heterocycles. The predicted molar refractivity (Wildman–Crippen MR) is 94.6 cm³/mol. The topological polar surface area (TPSA) is 75.6 Å². The number of hydrogen-bond acceptors (Lipinski definition) is 4. The Labute approximate surface area is 140 Å². The normalized spacial score (nSPS) is 10.8. The maximum atomic E-state index is 11.7. The summed E-state index contributed by atoms with van der Waals surface area (Å²) in [5.41, 5.74) is 3.82. The van der Waals surface area contributed by atoms with Crippen LogP contribution in [0.4, 0.5) is 5.82 Å². The number of aryl methyl sites for hydroxylation is 3. The molecule has 3 aromatic rings. The quantitative estimate of drug-likeness (QED) is 0.757. The second-order valence-corrected chi connectivity index (χ2v) is 5.82. The van der Waals surface area contributed by atoms with Gasteiger partial charge in [-0.15, -0.1) is 0 Å². The van der Waals surface area contributed by atoms with Crippen molar-refractivity contribution in [2.45, 2.75) is 33.7 Å². The van der Waals surface area contributed by atoms with Crippen molar-refractivity contribution in [1.29, 1.82) is 0 Å². The molecule has 0 bridgehead atoms. The molecule has 0 saturated heterocycles.